The molecule has 0 N–H and O–H groups in total. The first-order valence-corrected chi connectivity index (χ1v) is 10.2. The highest BCUT2D eigenvalue weighted by Gasteiger charge is 2.31. The minimum absolute atomic E-state index is 0.0633. The van der Waals surface area contributed by atoms with Crippen LogP contribution in [-0.4, -0.2) is 75.7 Å². The van der Waals surface area contributed by atoms with Crippen molar-refractivity contribution >= 4 is 5.91 Å². The van der Waals surface area contributed by atoms with Gasteiger partial charge in [-0.05, 0) is 31.9 Å². The van der Waals surface area contributed by atoms with Crippen LogP contribution >= 0.6 is 0 Å². The van der Waals surface area contributed by atoms with E-state index >= 15 is 0 Å². The third-order valence-corrected chi connectivity index (χ3v) is 5.93. The number of hydrogen-bond donors (Lipinski definition) is 0. The Kier molecular flexibility index (Phi) is 6.02. The standard InChI is InChI=1S/C21H29N5O2/c1-17(24-12-14-28-15-13-24)21(27)25-9-5-18(6-10-25)20-23-8-11-26(20)16-19-4-2-3-7-22-19/h2-4,7-8,11,17-18H,5-6,9-10,12-16H2,1H3/t17-/m0/s1. The second kappa shape index (κ2) is 8.84. The van der Waals surface area contributed by atoms with E-state index in [1.807, 2.05) is 48.6 Å². The zero-order valence-electron chi connectivity index (χ0n) is 16.5. The minimum atomic E-state index is -0.0633. The Morgan fingerprint density at radius 1 is 1.14 bits per heavy atom. The Labute approximate surface area is 166 Å². The summed E-state index contributed by atoms with van der Waals surface area (Å²) < 4.78 is 7.60. The van der Waals surface area contributed by atoms with Crippen LogP contribution in [0.4, 0.5) is 0 Å². The summed E-state index contributed by atoms with van der Waals surface area (Å²) in [5.41, 5.74) is 1.04. The fourth-order valence-electron chi connectivity index (χ4n) is 4.22. The Morgan fingerprint density at radius 3 is 2.64 bits per heavy atom. The van der Waals surface area contributed by atoms with E-state index in [1.54, 1.807) is 0 Å². The molecule has 0 saturated carbocycles. The van der Waals surface area contributed by atoms with E-state index in [0.717, 1.165) is 70.3 Å². The molecule has 2 fully saturated rings. The van der Waals surface area contributed by atoms with E-state index in [9.17, 15) is 4.79 Å². The molecular formula is C21H29N5O2. The van der Waals surface area contributed by atoms with Crippen molar-refractivity contribution in [2.75, 3.05) is 39.4 Å². The Bertz CT molecular complexity index is 764. The van der Waals surface area contributed by atoms with Crippen molar-refractivity contribution in [2.24, 2.45) is 0 Å². The monoisotopic (exact) mass is 383 g/mol. The average Bonchev–Trinajstić information content (AvgIpc) is 3.22. The molecule has 0 unspecified atom stereocenters. The molecule has 2 aliphatic heterocycles. The number of pyridine rings is 1. The molecule has 1 amide bonds. The molecule has 2 aromatic rings. The Balaban J connectivity index is 1.34. The van der Waals surface area contributed by atoms with E-state index in [4.69, 9.17) is 4.74 Å². The smallest absolute Gasteiger partial charge is 0.239 e. The number of nitrogens with zero attached hydrogens (tertiary/aromatic N) is 5. The van der Waals surface area contributed by atoms with Gasteiger partial charge < -0.3 is 14.2 Å². The van der Waals surface area contributed by atoms with Gasteiger partial charge in [-0.3, -0.25) is 14.7 Å². The lowest BCUT2D eigenvalue weighted by atomic mass is 9.95. The molecule has 4 rings (SSSR count). The first kappa shape index (κ1) is 19.1. The van der Waals surface area contributed by atoms with Gasteiger partial charge in [0.1, 0.15) is 5.82 Å². The van der Waals surface area contributed by atoms with Gasteiger partial charge in [-0.15, -0.1) is 0 Å². The molecule has 0 aliphatic carbocycles. The molecule has 28 heavy (non-hydrogen) atoms. The van der Waals surface area contributed by atoms with Crippen LogP contribution in [0, 0.1) is 0 Å². The molecule has 0 radical (unpaired) electrons. The largest absolute Gasteiger partial charge is 0.379 e. The minimum Gasteiger partial charge on any atom is -0.379 e. The number of imidazole rings is 1. The normalized spacial score (nSPS) is 20.2. The van der Waals surface area contributed by atoms with Crippen LogP contribution in [0.2, 0.25) is 0 Å². The van der Waals surface area contributed by atoms with Gasteiger partial charge in [-0.1, -0.05) is 6.07 Å². The van der Waals surface area contributed by atoms with Crippen LogP contribution in [0.5, 0.6) is 0 Å². The van der Waals surface area contributed by atoms with Gasteiger partial charge in [0, 0.05) is 50.7 Å². The van der Waals surface area contributed by atoms with E-state index < -0.39 is 0 Å². The molecule has 150 valence electrons. The molecule has 0 aromatic carbocycles. The van der Waals surface area contributed by atoms with Gasteiger partial charge in [-0.2, -0.15) is 0 Å². The lowest BCUT2D eigenvalue weighted by Gasteiger charge is -2.37. The number of carbonyl (C=O) groups excluding carboxylic acids is 1. The van der Waals surface area contributed by atoms with Crippen LogP contribution in [0.25, 0.3) is 0 Å². The number of ether oxygens (including phenoxy) is 1. The number of morpholine rings is 1. The van der Waals surface area contributed by atoms with Crippen LogP contribution < -0.4 is 0 Å². The molecule has 1 atom stereocenters. The predicted molar refractivity (Wildman–Crippen MR) is 106 cm³/mol. The zero-order chi connectivity index (χ0) is 19.3. The highest BCUT2D eigenvalue weighted by molar-refractivity contribution is 5.81. The first-order valence-electron chi connectivity index (χ1n) is 10.2. The van der Waals surface area contributed by atoms with E-state index in [1.165, 1.54) is 0 Å². The number of carbonyl (C=O) groups is 1. The number of likely N-dealkylation sites (tertiary alicyclic amines) is 1. The van der Waals surface area contributed by atoms with E-state index in [2.05, 4.69) is 19.4 Å². The predicted octanol–water partition coefficient (Wildman–Crippen LogP) is 1.75. The summed E-state index contributed by atoms with van der Waals surface area (Å²) >= 11 is 0. The molecule has 2 aromatic heterocycles. The van der Waals surface area contributed by atoms with Crippen molar-refractivity contribution in [3.8, 4) is 0 Å². The molecule has 4 heterocycles. The van der Waals surface area contributed by atoms with Crippen LogP contribution in [0.15, 0.2) is 36.8 Å². The summed E-state index contributed by atoms with van der Waals surface area (Å²) in [4.78, 5) is 26.2. The summed E-state index contributed by atoms with van der Waals surface area (Å²) in [6.07, 6.45) is 7.64. The second-order valence-electron chi connectivity index (χ2n) is 7.66. The highest BCUT2D eigenvalue weighted by atomic mass is 16.5. The number of rotatable bonds is 5. The zero-order valence-corrected chi connectivity index (χ0v) is 16.5. The quantitative estimate of drug-likeness (QED) is 0.787. The van der Waals surface area contributed by atoms with Crippen LogP contribution in [0.3, 0.4) is 0 Å². The third kappa shape index (κ3) is 4.25. The Morgan fingerprint density at radius 2 is 1.93 bits per heavy atom. The number of piperidine rings is 1. The van der Waals surface area contributed by atoms with Crippen molar-refractivity contribution in [3.63, 3.8) is 0 Å². The van der Waals surface area contributed by atoms with Gasteiger partial charge in [0.05, 0.1) is 31.5 Å². The number of hydrogen-bond acceptors (Lipinski definition) is 5. The fraction of sp³-hybridized carbons (Fsp3) is 0.571. The number of amides is 1. The van der Waals surface area contributed by atoms with Crippen molar-refractivity contribution in [3.05, 3.63) is 48.3 Å². The van der Waals surface area contributed by atoms with Gasteiger partial charge in [-0.25, -0.2) is 4.98 Å². The number of aromatic nitrogens is 3. The molecular weight excluding hydrogens is 354 g/mol. The second-order valence-corrected chi connectivity index (χ2v) is 7.66. The van der Waals surface area contributed by atoms with Crippen molar-refractivity contribution < 1.29 is 9.53 Å². The molecule has 2 saturated heterocycles. The van der Waals surface area contributed by atoms with E-state index in [-0.39, 0.29) is 11.9 Å². The molecule has 0 spiro atoms. The fourth-order valence-corrected chi connectivity index (χ4v) is 4.22. The van der Waals surface area contributed by atoms with Gasteiger partial charge >= 0.3 is 0 Å². The van der Waals surface area contributed by atoms with Gasteiger partial charge in [0.15, 0.2) is 0 Å². The Hall–Kier alpha value is -2.25. The molecule has 0 bridgehead atoms. The van der Waals surface area contributed by atoms with Crippen molar-refractivity contribution in [1.82, 2.24) is 24.3 Å². The summed E-state index contributed by atoms with van der Waals surface area (Å²) in [5.74, 6) is 1.75. The molecule has 2 aliphatic rings. The molecule has 7 nitrogen and oxygen atoms in total. The summed E-state index contributed by atoms with van der Waals surface area (Å²) in [6, 6.07) is 5.92. The maximum absolute atomic E-state index is 12.9. The maximum atomic E-state index is 12.9. The SMILES string of the molecule is C[C@@H](C(=O)N1CCC(c2nccn2Cc2ccccn2)CC1)N1CCOCC1. The topological polar surface area (TPSA) is 63.5 Å². The van der Waals surface area contributed by atoms with E-state index in [0.29, 0.717) is 5.92 Å². The third-order valence-electron chi connectivity index (χ3n) is 5.93. The lowest BCUT2D eigenvalue weighted by molar-refractivity contribution is -0.139. The summed E-state index contributed by atoms with van der Waals surface area (Å²) in [7, 11) is 0. The molecule has 7 heteroatoms. The highest BCUT2D eigenvalue weighted by Crippen LogP contribution is 2.28. The van der Waals surface area contributed by atoms with Gasteiger partial charge in [0.2, 0.25) is 5.91 Å². The van der Waals surface area contributed by atoms with Crippen LogP contribution in [-0.2, 0) is 16.1 Å². The first-order chi connectivity index (χ1) is 13.7. The summed E-state index contributed by atoms with van der Waals surface area (Å²) in [5, 5.41) is 0. The maximum Gasteiger partial charge on any atom is 0.239 e. The average molecular weight is 383 g/mol. The summed E-state index contributed by atoms with van der Waals surface area (Å²) in [6.45, 7) is 7.49. The van der Waals surface area contributed by atoms with Crippen LogP contribution in [0.1, 0.15) is 37.2 Å². The van der Waals surface area contributed by atoms with Crippen molar-refractivity contribution in [2.45, 2.75) is 38.3 Å². The van der Waals surface area contributed by atoms with Gasteiger partial charge in [0.25, 0.3) is 0 Å². The van der Waals surface area contributed by atoms with Crippen molar-refractivity contribution in [1.29, 1.82) is 0 Å². The lowest BCUT2D eigenvalue weighted by Crippen LogP contribution is -2.52.